The standard InChI is InChI=1S/C16H17ClFNOS/c1-16(2,10-17)15(20)19-14(13-4-3-9-21-13)11-5-7-12(18)8-6-11/h3-9,14H,10H2,1-2H3,(H,19,20). The van der Waals surface area contributed by atoms with Gasteiger partial charge in [0.25, 0.3) is 0 Å². The van der Waals surface area contributed by atoms with Gasteiger partial charge in [0.1, 0.15) is 5.82 Å². The number of alkyl halides is 1. The van der Waals surface area contributed by atoms with Gasteiger partial charge < -0.3 is 5.32 Å². The minimum atomic E-state index is -0.656. The van der Waals surface area contributed by atoms with Crippen molar-refractivity contribution in [2.75, 3.05) is 5.88 Å². The molecule has 2 aromatic rings. The maximum Gasteiger partial charge on any atom is 0.227 e. The number of carbonyl (C=O) groups is 1. The van der Waals surface area contributed by atoms with Crippen LogP contribution in [-0.4, -0.2) is 11.8 Å². The number of halogens is 2. The highest BCUT2D eigenvalue weighted by atomic mass is 35.5. The van der Waals surface area contributed by atoms with Gasteiger partial charge >= 0.3 is 0 Å². The molecule has 0 aliphatic heterocycles. The minimum absolute atomic E-state index is 0.125. The van der Waals surface area contributed by atoms with Gasteiger partial charge in [0.2, 0.25) is 5.91 Å². The van der Waals surface area contributed by atoms with E-state index in [1.807, 2.05) is 17.5 Å². The Morgan fingerprint density at radius 2 is 2.00 bits per heavy atom. The molecule has 2 rings (SSSR count). The third-order valence-corrected chi connectivity index (χ3v) is 4.86. The van der Waals surface area contributed by atoms with E-state index in [0.717, 1.165) is 10.4 Å². The second-order valence-corrected chi connectivity index (χ2v) is 6.74. The summed E-state index contributed by atoms with van der Waals surface area (Å²) in [6.07, 6.45) is 0. The molecule has 1 unspecified atom stereocenters. The van der Waals surface area contributed by atoms with Crippen molar-refractivity contribution in [1.82, 2.24) is 5.32 Å². The summed E-state index contributed by atoms with van der Waals surface area (Å²) in [5.74, 6) is -0.185. The first-order valence-corrected chi connectivity index (χ1v) is 8.01. The Labute approximate surface area is 132 Å². The predicted octanol–water partition coefficient (Wildman–Crippen LogP) is 4.36. The maximum absolute atomic E-state index is 13.1. The molecule has 1 atom stereocenters. The zero-order chi connectivity index (χ0) is 15.5. The summed E-state index contributed by atoms with van der Waals surface area (Å²) in [7, 11) is 0. The summed E-state index contributed by atoms with van der Waals surface area (Å²) in [4.78, 5) is 13.4. The highest BCUT2D eigenvalue weighted by Crippen LogP contribution is 2.28. The normalized spacial score (nSPS) is 13.0. The van der Waals surface area contributed by atoms with Gasteiger partial charge in [-0.25, -0.2) is 4.39 Å². The topological polar surface area (TPSA) is 29.1 Å². The van der Waals surface area contributed by atoms with E-state index in [1.54, 1.807) is 37.3 Å². The van der Waals surface area contributed by atoms with Gasteiger partial charge in [0.05, 0.1) is 11.5 Å². The molecule has 2 nitrogen and oxygen atoms in total. The molecule has 21 heavy (non-hydrogen) atoms. The molecule has 5 heteroatoms. The molecule has 1 N–H and O–H groups in total. The van der Waals surface area contributed by atoms with Crippen molar-refractivity contribution < 1.29 is 9.18 Å². The third-order valence-electron chi connectivity index (χ3n) is 3.26. The average Bonchev–Trinajstić information content (AvgIpc) is 2.99. The summed E-state index contributed by atoms with van der Waals surface area (Å²) < 4.78 is 13.1. The molecule has 0 radical (unpaired) electrons. The molecular formula is C16H17ClFNOS. The number of hydrogen-bond acceptors (Lipinski definition) is 2. The summed E-state index contributed by atoms with van der Waals surface area (Å²) in [6.45, 7) is 3.59. The smallest absolute Gasteiger partial charge is 0.227 e. The van der Waals surface area contributed by atoms with E-state index in [9.17, 15) is 9.18 Å². The monoisotopic (exact) mass is 325 g/mol. The van der Waals surface area contributed by atoms with Crippen molar-refractivity contribution in [2.45, 2.75) is 19.9 Å². The Balaban J connectivity index is 2.30. The number of hydrogen-bond donors (Lipinski definition) is 1. The van der Waals surface area contributed by atoms with Crippen LogP contribution in [0.5, 0.6) is 0 Å². The number of rotatable bonds is 5. The van der Waals surface area contributed by atoms with Crippen molar-refractivity contribution >= 4 is 28.8 Å². The van der Waals surface area contributed by atoms with E-state index in [-0.39, 0.29) is 23.6 Å². The summed E-state index contributed by atoms with van der Waals surface area (Å²) in [5, 5.41) is 4.96. The van der Waals surface area contributed by atoms with Crippen molar-refractivity contribution in [3.63, 3.8) is 0 Å². The van der Waals surface area contributed by atoms with E-state index in [0.29, 0.717) is 0 Å². The fraction of sp³-hybridized carbons (Fsp3) is 0.312. The van der Waals surface area contributed by atoms with Crippen molar-refractivity contribution in [1.29, 1.82) is 0 Å². The number of nitrogens with one attached hydrogen (secondary N) is 1. The van der Waals surface area contributed by atoms with Gasteiger partial charge in [-0.1, -0.05) is 18.2 Å². The van der Waals surface area contributed by atoms with Crippen LogP contribution in [0.2, 0.25) is 0 Å². The van der Waals surface area contributed by atoms with Crippen LogP contribution in [0.25, 0.3) is 0 Å². The molecule has 0 fully saturated rings. The Hall–Kier alpha value is -1.39. The van der Waals surface area contributed by atoms with Crippen LogP contribution in [0, 0.1) is 11.2 Å². The lowest BCUT2D eigenvalue weighted by molar-refractivity contribution is -0.128. The first-order valence-electron chi connectivity index (χ1n) is 6.60. The molecule has 1 amide bonds. The third kappa shape index (κ3) is 3.83. The molecule has 0 saturated heterocycles. The van der Waals surface area contributed by atoms with Gasteiger partial charge in [0, 0.05) is 10.8 Å². The lowest BCUT2D eigenvalue weighted by Gasteiger charge is -2.25. The van der Waals surface area contributed by atoms with Gasteiger partial charge in [-0.3, -0.25) is 4.79 Å². The summed E-state index contributed by atoms with van der Waals surface area (Å²) in [5.41, 5.74) is 0.189. The Bertz CT molecular complexity index is 595. The molecule has 0 aliphatic rings. The van der Waals surface area contributed by atoms with E-state index < -0.39 is 5.41 Å². The zero-order valence-corrected chi connectivity index (χ0v) is 13.5. The molecule has 112 valence electrons. The van der Waals surface area contributed by atoms with Crippen molar-refractivity contribution in [3.8, 4) is 0 Å². The maximum atomic E-state index is 13.1. The second kappa shape index (κ2) is 6.58. The molecule has 1 heterocycles. The van der Waals surface area contributed by atoms with Crippen molar-refractivity contribution in [3.05, 3.63) is 58.0 Å². The SMILES string of the molecule is CC(C)(CCl)C(=O)NC(c1ccc(F)cc1)c1cccs1. The minimum Gasteiger partial charge on any atom is -0.344 e. The molecule has 1 aromatic heterocycles. The van der Waals surface area contributed by atoms with Crippen LogP contribution >= 0.6 is 22.9 Å². The second-order valence-electron chi connectivity index (χ2n) is 5.49. The van der Waals surface area contributed by atoms with E-state index >= 15 is 0 Å². The summed E-state index contributed by atoms with van der Waals surface area (Å²) >= 11 is 7.40. The van der Waals surface area contributed by atoms with Crippen LogP contribution in [0.4, 0.5) is 4.39 Å². The lowest BCUT2D eigenvalue weighted by Crippen LogP contribution is -2.40. The van der Waals surface area contributed by atoms with Gasteiger partial charge in [-0.05, 0) is 43.0 Å². The van der Waals surface area contributed by atoms with E-state index in [4.69, 9.17) is 11.6 Å². The molecule has 0 bridgehead atoms. The van der Waals surface area contributed by atoms with E-state index in [2.05, 4.69) is 5.32 Å². The predicted molar refractivity (Wildman–Crippen MR) is 85.2 cm³/mol. The van der Waals surface area contributed by atoms with Gasteiger partial charge in [0.15, 0.2) is 0 Å². The zero-order valence-electron chi connectivity index (χ0n) is 11.9. The molecule has 0 spiro atoms. The van der Waals surface area contributed by atoms with Crippen molar-refractivity contribution in [2.24, 2.45) is 5.41 Å². The van der Waals surface area contributed by atoms with Gasteiger partial charge in [-0.15, -0.1) is 22.9 Å². The first-order chi connectivity index (χ1) is 9.94. The largest absolute Gasteiger partial charge is 0.344 e. The Morgan fingerprint density at radius 3 is 2.52 bits per heavy atom. The highest BCUT2D eigenvalue weighted by Gasteiger charge is 2.29. The first kappa shape index (κ1) is 16.0. The molecule has 0 saturated carbocycles. The number of thiophene rings is 1. The fourth-order valence-corrected chi connectivity index (χ4v) is 2.74. The number of benzene rings is 1. The van der Waals surface area contributed by atoms with Crippen LogP contribution in [0.1, 0.15) is 30.3 Å². The fourth-order valence-electron chi connectivity index (χ4n) is 1.82. The molecular weight excluding hydrogens is 309 g/mol. The molecule has 1 aromatic carbocycles. The molecule has 0 aliphatic carbocycles. The van der Waals surface area contributed by atoms with Gasteiger partial charge in [-0.2, -0.15) is 0 Å². The highest BCUT2D eigenvalue weighted by molar-refractivity contribution is 7.10. The Kier molecular flexibility index (Phi) is 5.01. The quantitative estimate of drug-likeness (QED) is 0.813. The average molecular weight is 326 g/mol. The lowest BCUT2D eigenvalue weighted by atomic mass is 9.94. The van der Waals surface area contributed by atoms with Crippen LogP contribution in [0.15, 0.2) is 41.8 Å². The van der Waals surface area contributed by atoms with Crippen LogP contribution < -0.4 is 5.32 Å². The number of amides is 1. The van der Waals surface area contributed by atoms with Crippen LogP contribution in [0.3, 0.4) is 0 Å². The Morgan fingerprint density at radius 1 is 1.33 bits per heavy atom. The number of carbonyl (C=O) groups excluding carboxylic acids is 1. The summed E-state index contributed by atoms with van der Waals surface area (Å²) in [6, 6.07) is 9.76. The van der Waals surface area contributed by atoms with Crippen LogP contribution in [-0.2, 0) is 4.79 Å². The van der Waals surface area contributed by atoms with E-state index in [1.165, 1.54) is 12.1 Å².